The Morgan fingerprint density at radius 3 is 2.90 bits per heavy atom. The van der Waals surface area contributed by atoms with E-state index in [-0.39, 0.29) is 17.9 Å². The number of anilines is 2. The number of hydrogen-bond acceptors (Lipinski definition) is 5. The van der Waals surface area contributed by atoms with Crippen molar-refractivity contribution in [2.24, 2.45) is 0 Å². The highest BCUT2D eigenvalue weighted by molar-refractivity contribution is 6.07. The summed E-state index contributed by atoms with van der Waals surface area (Å²) in [5, 5.41) is 17.5. The lowest BCUT2D eigenvalue weighted by Gasteiger charge is -2.13. The summed E-state index contributed by atoms with van der Waals surface area (Å²) in [5.41, 5.74) is 3.09. The molecule has 0 aliphatic carbocycles. The number of carbonyl (C=O) groups is 2. The first-order chi connectivity index (χ1) is 14.5. The number of aromatic nitrogens is 2. The summed E-state index contributed by atoms with van der Waals surface area (Å²) in [6.45, 7) is 5.35. The predicted molar refractivity (Wildman–Crippen MR) is 118 cm³/mol. The van der Waals surface area contributed by atoms with E-state index in [4.69, 9.17) is 5.41 Å². The monoisotopic (exact) mass is 404 g/mol. The number of benzene rings is 1. The largest absolute Gasteiger partial charge is 0.367 e. The summed E-state index contributed by atoms with van der Waals surface area (Å²) >= 11 is 0. The average molecular weight is 404 g/mol. The van der Waals surface area contributed by atoms with Gasteiger partial charge in [-0.3, -0.25) is 9.59 Å². The summed E-state index contributed by atoms with van der Waals surface area (Å²) < 4.78 is 1.97. The number of carbonyl (C=O) groups excluding carboxylic acids is 2. The molecule has 0 spiro atoms. The maximum atomic E-state index is 12.8. The summed E-state index contributed by atoms with van der Waals surface area (Å²) in [4.78, 5) is 29.4. The van der Waals surface area contributed by atoms with Gasteiger partial charge in [-0.05, 0) is 44.5 Å². The molecule has 2 amide bonds. The van der Waals surface area contributed by atoms with E-state index in [0.29, 0.717) is 34.9 Å². The van der Waals surface area contributed by atoms with E-state index in [1.807, 2.05) is 36.6 Å². The molecule has 1 aliphatic rings. The molecule has 4 rings (SSSR count). The van der Waals surface area contributed by atoms with Crippen molar-refractivity contribution >= 4 is 40.4 Å². The Morgan fingerprint density at radius 1 is 1.30 bits per heavy atom. The molecule has 154 valence electrons. The zero-order valence-corrected chi connectivity index (χ0v) is 17.0. The van der Waals surface area contributed by atoms with Crippen LogP contribution in [0.2, 0.25) is 0 Å². The zero-order chi connectivity index (χ0) is 21.3. The van der Waals surface area contributed by atoms with Crippen LogP contribution < -0.4 is 16.0 Å². The number of nitrogens with one attached hydrogen (secondary N) is 4. The van der Waals surface area contributed by atoms with Gasteiger partial charge in [0.1, 0.15) is 11.5 Å². The molecule has 0 radical (unpaired) electrons. The van der Waals surface area contributed by atoms with Crippen LogP contribution in [0.3, 0.4) is 0 Å². The molecule has 0 atom stereocenters. The molecular weight excluding hydrogens is 380 g/mol. The second kappa shape index (κ2) is 7.98. The fourth-order valence-corrected chi connectivity index (χ4v) is 3.61. The van der Waals surface area contributed by atoms with Gasteiger partial charge in [0.05, 0.1) is 11.9 Å². The number of aryl methyl sites for hydroxylation is 1. The van der Waals surface area contributed by atoms with Crippen LogP contribution >= 0.6 is 0 Å². The van der Waals surface area contributed by atoms with E-state index < -0.39 is 0 Å². The molecule has 1 aliphatic heterocycles. The topological polar surface area (TPSA) is 112 Å². The maximum Gasteiger partial charge on any atom is 0.267 e. The van der Waals surface area contributed by atoms with Gasteiger partial charge < -0.3 is 25.9 Å². The number of amides is 2. The summed E-state index contributed by atoms with van der Waals surface area (Å²) in [7, 11) is 0. The van der Waals surface area contributed by atoms with Crippen LogP contribution in [0.4, 0.5) is 11.5 Å². The Hall–Kier alpha value is -3.68. The lowest BCUT2D eigenvalue weighted by Crippen LogP contribution is -2.22. The highest BCUT2D eigenvalue weighted by atomic mass is 16.2. The van der Waals surface area contributed by atoms with Gasteiger partial charge in [-0.2, -0.15) is 0 Å². The van der Waals surface area contributed by atoms with Crippen molar-refractivity contribution in [2.75, 3.05) is 17.2 Å². The van der Waals surface area contributed by atoms with Crippen molar-refractivity contribution in [1.82, 2.24) is 14.9 Å². The number of fused-ring (bicyclic) bond motifs is 3. The van der Waals surface area contributed by atoms with Gasteiger partial charge in [0.25, 0.3) is 11.8 Å². The minimum atomic E-state index is -0.271. The third-order valence-electron chi connectivity index (χ3n) is 5.00. The third-order valence-corrected chi connectivity index (χ3v) is 5.00. The van der Waals surface area contributed by atoms with Gasteiger partial charge in [-0.1, -0.05) is 6.07 Å². The third kappa shape index (κ3) is 3.76. The molecular formula is C22H24N6O2. The maximum absolute atomic E-state index is 12.8. The SMILES string of the molecule is CC(C)Nc1ncc(NC(=O)c2ccc3cc4n(c3c2)CCCNC4=O)cc1C=N. The Morgan fingerprint density at radius 2 is 2.13 bits per heavy atom. The van der Waals surface area contributed by atoms with Crippen LogP contribution in [-0.4, -0.2) is 40.2 Å². The van der Waals surface area contributed by atoms with Gasteiger partial charge in [-0.25, -0.2) is 4.98 Å². The van der Waals surface area contributed by atoms with Crippen molar-refractivity contribution in [3.63, 3.8) is 0 Å². The first-order valence-electron chi connectivity index (χ1n) is 9.96. The van der Waals surface area contributed by atoms with Crippen LogP contribution in [-0.2, 0) is 6.54 Å². The van der Waals surface area contributed by atoms with E-state index in [1.165, 1.54) is 6.21 Å². The second-order valence-electron chi connectivity index (χ2n) is 7.62. The van der Waals surface area contributed by atoms with Crippen LogP contribution in [0.1, 0.15) is 46.7 Å². The molecule has 4 N–H and O–H groups in total. The van der Waals surface area contributed by atoms with Gasteiger partial charge in [0.15, 0.2) is 0 Å². The van der Waals surface area contributed by atoms with Crippen LogP contribution in [0.25, 0.3) is 10.9 Å². The Bertz CT molecular complexity index is 1150. The molecule has 0 fully saturated rings. The molecule has 8 heteroatoms. The first-order valence-corrected chi connectivity index (χ1v) is 9.96. The lowest BCUT2D eigenvalue weighted by atomic mass is 10.1. The molecule has 8 nitrogen and oxygen atoms in total. The Labute approximate surface area is 174 Å². The van der Waals surface area contributed by atoms with E-state index in [1.54, 1.807) is 18.3 Å². The van der Waals surface area contributed by atoms with Crippen molar-refractivity contribution in [1.29, 1.82) is 5.41 Å². The standard InChI is InChI=1S/C22H24N6O2/c1-13(2)26-20-16(11-23)8-17(12-25-20)27-21(29)15-5-4-14-9-19-22(30)24-6-3-7-28(19)18(14)10-15/h4-5,8-13,23H,3,6-7H2,1-2H3,(H,24,30)(H,25,26)(H,27,29). The van der Waals surface area contributed by atoms with E-state index in [9.17, 15) is 9.59 Å². The quantitative estimate of drug-likeness (QED) is 0.489. The average Bonchev–Trinajstić information content (AvgIpc) is 2.99. The molecule has 3 heterocycles. The van der Waals surface area contributed by atoms with Crippen LogP contribution in [0, 0.1) is 5.41 Å². The Kier molecular flexibility index (Phi) is 5.22. The highest BCUT2D eigenvalue weighted by Crippen LogP contribution is 2.24. The molecule has 1 aromatic carbocycles. The summed E-state index contributed by atoms with van der Waals surface area (Å²) in [6.07, 6.45) is 3.62. The summed E-state index contributed by atoms with van der Waals surface area (Å²) in [6, 6.07) is 9.17. The fourth-order valence-electron chi connectivity index (χ4n) is 3.61. The van der Waals surface area contributed by atoms with Gasteiger partial charge in [0.2, 0.25) is 0 Å². The molecule has 3 aromatic rings. The first kappa shape index (κ1) is 19.6. The zero-order valence-electron chi connectivity index (χ0n) is 17.0. The molecule has 30 heavy (non-hydrogen) atoms. The number of nitrogens with zero attached hydrogens (tertiary/aromatic N) is 2. The minimum Gasteiger partial charge on any atom is -0.367 e. The second-order valence-corrected chi connectivity index (χ2v) is 7.62. The molecule has 0 saturated heterocycles. The molecule has 0 unspecified atom stereocenters. The predicted octanol–water partition coefficient (Wildman–Crippen LogP) is 3.24. The number of rotatable bonds is 5. The van der Waals surface area contributed by atoms with Crippen LogP contribution in [0.15, 0.2) is 36.5 Å². The van der Waals surface area contributed by atoms with Gasteiger partial charge in [-0.15, -0.1) is 0 Å². The van der Waals surface area contributed by atoms with Gasteiger partial charge >= 0.3 is 0 Å². The van der Waals surface area contributed by atoms with Crippen molar-refractivity contribution in [3.8, 4) is 0 Å². The van der Waals surface area contributed by atoms with Crippen LogP contribution in [0.5, 0.6) is 0 Å². The highest BCUT2D eigenvalue weighted by Gasteiger charge is 2.19. The Balaban J connectivity index is 1.61. The minimum absolute atomic E-state index is 0.0879. The van der Waals surface area contributed by atoms with Gasteiger partial charge in [0, 0.05) is 47.4 Å². The van der Waals surface area contributed by atoms with Crippen molar-refractivity contribution in [3.05, 3.63) is 53.3 Å². The molecule has 2 aromatic heterocycles. The number of pyridine rings is 1. The summed E-state index contributed by atoms with van der Waals surface area (Å²) in [5.74, 6) is 0.247. The molecule has 0 saturated carbocycles. The van der Waals surface area contributed by atoms with Crippen molar-refractivity contribution < 1.29 is 9.59 Å². The van der Waals surface area contributed by atoms with E-state index >= 15 is 0 Å². The van der Waals surface area contributed by atoms with Crippen molar-refractivity contribution in [2.45, 2.75) is 32.9 Å². The number of hydrogen-bond donors (Lipinski definition) is 4. The smallest absolute Gasteiger partial charge is 0.267 e. The molecule has 0 bridgehead atoms. The lowest BCUT2D eigenvalue weighted by molar-refractivity contribution is 0.0950. The van der Waals surface area contributed by atoms with E-state index in [2.05, 4.69) is 20.9 Å². The normalized spacial score (nSPS) is 13.5. The fraction of sp³-hybridized carbons (Fsp3) is 0.273. The van der Waals surface area contributed by atoms with E-state index in [0.717, 1.165) is 23.9 Å².